The monoisotopic (exact) mass is 2390 g/mol. The van der Waals surface area contributed by atoms with Crippen molar-refractivity contribution in [2.45, 2.75) is 282 Å². The summed E-state index contributed by atoms with van der Waals surface area (Å²) in [6, 6.07) is 44.0. The first-order valence-corrected chi connectivity index (χ1v) is 97.6. The van der Waals surface area contributed by atoms with Gasteiger partial charge in [-0.25, -0.2) is 0 Å². The SMILES string of the molecule is C=CCCO[Si](OCCC=C)(OCCC=C)OCCC=C.C=CCO[Si](OCC=C)(OCC=C)OCC=C.C=CC[Si](CC=C)(CC=C)CC[Si](CC[Si](CC=C)(CC=C)CC=C)(CC[Si](CC=C)(CC=C)CC=C)CC[Si](CC=C)(CC=C)CC=C.C=CC[Si](CC=C)(CC=C)C[CH2][Sn]([CH2]C[Si](CC=C)(CC=C)CC=C)([CH2]C[Si](CC=C)(CC=C)CC=C)[CH2]C[Si](CC=C)(CC=C)CC=C.C=C[CH2][Ge]([CH2]C=C)([CH2]C=C)[CH2]C=C. The van der Waals surface area contributed by atoms with Crippen LogP contribution in [0.15, 0.2) is 456 Å². The van der Waals surface area contributed by atoms with Crippen LogP contribution in [0.25, 0.3) is 0 Å². The van der Waals surface area contributed by atoms with Gasteiger partial charge in [-0.15, -0.1) is 132 Å². The maximum absolute atomic E-state index is 5.81. The number of allylic oxidation sites excluding steroid dienone is 28. The molecule has 0 radical (unpaired) electrons. The molecule has 0 amide bonds. The molecule has 21 heteroatoms. The maximum atomic E-state index is 5.81. The van der Waals surface area contributed by atoms with E-state index in [9.17, 15) is 0 Å². The van der Waals surface area contributed by atoms with E-state index >= 15 is 0 Å². The summed E-state index contributed by atoms with van der Waals surface area (Å²) in [4.78, 5) is 0. The van der Waals surface area contributed by atoms with Crippen LogP contribution in [0.1, 0.15) is 25.7 Å². The van der Waals surface area contributed by atoms with E-state index in [4.69, 9.17) is 35.4 Å². The molecule has 0 aromatic carbocycles. The first-order chi connectivity index (χ1) is 71.8. The predicted octanol–water partition coefficient (Wildman–Crippen LogP) is 41.1. The van der Waals surface area contributed by atoms with Crippen LogP contribution in [0.2, 0.25) is 256 Å². The van der Waals surface area contributed by atoms with Crippen molar-refractivity contribution >= 4 is 122 Å². The Bertz CT molecular complexity index is 3110. The van der Waals surface area contributed by atoms with Crippen LogP contribution in [-0.4, -0.2) is 175 Å². The Balaban J connectivity index is -0.000000636. The van der Waals surface area contributed by atoms with Crippen LogP contribution in [0.4, 0.5) is 0 Å². The zero-order chi connectivity index (χ0) is 113. The van der Waals surface area contributed by atoms with Crippen molar-refractivity contribution in [3.8, 4) is 0 Å². The molecule has 0 N–H and O–H groups in total. The van der Waals surface area contributed by atoms with E-state index < -0.39 is 122 Å². The molecule has 0 rings (SSSR count). The van der Waals surface area contributed by atoms with Gasteiger partial charge in [0.25, 0.3) is 0 Å². The summed E-state index contributed by atoms with van der Waals surface area (Å²) in [6.07, 6.45) is 77.5. The van der Waals surface area contributed by atoms with Gasteiger partial charge < -0.3 is 35.4 Å². The van der Waals surface area contributed by atoms with Crippen molar-refractivity contribution in [3.05, 3.63) is 456 Å². The van der Waals surface area contributed by atoms with Gasteiger partial charge in [-0.05, 0) is 98.2 Å². The van der Waals surface area contributed by atoms with Crippen molar-refractivity contribution in [2.75, 3.05) is 52.9 Å². The first-order valence-electron chi connectivity index (χ1n) is 54.9. The standard InChI is InChI=1S/C44H76Si5.C16H28O4Si.C12H20Ge.C12H20O4Si.4C11H19Si.Sn/c1-13-25-45(26-14-2,27-15-3)37-41-49(42-38-46(28-16-4,29-17-5)30-18-6,43-39-47(31-19-7,32-20-8)33-21-9)44-40-48(34-22-10,35-23-11)36-24-12;1-5-9-13-17-21(18-14-10-6-2,19-15-11-7-3)20-16-12-8-4;1-5-9-13(10-6-2,11-7-3)12-8-4;1-5-9-13-17(14-10-6-2,15-11-7-3)16-12-8-4;4*1-5-9-12(8-4,10-6-2)11-7-3;/h13-24H,1-12,25-44H2;5-8H,1-4,9-16H2;5-8H,1-4,9-12H2;5-8H,1-4,9-12H2;4*5-7H,1-4,8-11H2;. The molecule has 0 aliphatic carbocycles. The van der Waals surface area contributed by atoms with Crippen LogP contribution in [0.3, 0.4) is 0 Å². The van der Waals surface area contributed by atoms with Gasteiger partial charge in [0.05, 0.1) is 66.8 Å². The summed E-state index contributed by atoms with van der Waals surface area (Å²) in [5.41, 5.74) is 0. The van der Waals surface area contributed by atoms with E-state index in [0.29, 0.717) is 26.4 Å². The zero-order valence-corrected chi connectivity index (χ0v) is 112. The van der Waals surface area contributed by atoms with Crippen LogP contribution in [0, 0.1) is 0 Å². The average Bonchev–Trinajstić information content (AvgIpc) is 0.801. The molecule has 0 bridgehead atoms. The molecule has 0 spiro atoms. The van der Waals surface area contributed by atoms with E-state index in [0.717, 1.165) is 171 Å². The molecule has 0 aliphatic heterocycles. The van der Waals surface area contributed by atoms with Gasteiger partial charge >= 0.3 is 420 Å². The molecule has 0 unspecified atom stereocenters. The quantitative estimate of drug-likeness (QED) is 0.0339. The Kier molecular flexibility index (Phi) is 97.0. The summed E-state index contributed by atoms with van der Waals surface area (Å²) < 4.78 is 51.1. The van der Waals surface area contributed by atoms with Crippen molar-refractivity contribution in [1.29, 1.82) is 0 Å². The Morgan fingerprint density at radius 1 is 0.141 bits per heavy atom. The number of hydrogen-bond acceptors (Lipinski definition) is 8. The van der Waals surface area contributed by atoms with Crippen molar-refractivity contribution in [2.24, 2.45) is 0 Å². The number of rotatable bonds is 108. The molecule has 0 aliphatic rings. The molecule has 0 heterocycles. The second-order valence-corrected chi connectivity index (χ2v) is 112. The average molecular weight is 2390 g/mol. The Hall–Kier alpha value is -5.95. The van der Waals surface area contributed by atoms with Crippen LogP contribution in [-0.2, 0) is 35.4 Å². The first kappa shape index (κ1) is 151. The van der Waals surface area contributed by atoms with E-state index in [-0.39, 0.29) is 26.4 Å². The minimum atomic E-state index is -3.16. The number of hydrogen-bond donors (Lipinski definition) is 0. The van der Waals surface area contributed by atoms with E-state index in [1.807, 2.05) is 0 Å². The van der Waals surface area contributed by atoms with Crippen molar-refractivity contribution < 1.29 is 35.4 Å². The Morgan fingerprint density at radius 2 is 0.268 bits per heavy atom. The normalized spacial score (nSPS) is 11.8. The molecule has 0 atom stereocenters. The summed E-state index contributed by atoms with van der Waals surface area (Å²) in [5.74, 6) is 0. The van der Waals surface area contributed by atoms with E-state index in [1.54, 1.807) is 48.6 Å². The fourth-order valence-electron chi connectivity index (χ4n) is 21.5. The molecule has 149 heavy (non-hydrogen) atoms. The third-order valence-corrected chi connectivity index (χ3v) is 110. The second kappa shape index (κ2) is 95.5. The van der Waals surface area contributed by atoms with Gasteiger partial charge in [0, 0.05) is 26.4 Å². The fourth-order valence-corrected chi connectivity index (χ4v) is 119. The topological polar surface area (TPSA) is 73.8 Å². The summed E-state index contributed by atoms with van der Waals surface area (Å²) in [6.45, 7) is 150. The molecule has 832 valence electrons. The van der Waals surface area contributed by atoms with Gasteiger partial charge in [0.1, 0.15) is 0 Å². The van der Waals surface area contributed by atoms with Gasteiger partial charge in [-0.2, -0.15) is 0 Å². The molecule has 0 fully saturated rings. The third kappa shape index (κ3) is 65.6. The zero-order valence-electron chi connectivity index (χ0n) is 95.6. The van der Waals surface area contributed by atoms with E-state index in [2.05, 4.69) is 407 Å². The van der Waals surface area contributed by atoms with Crippen LogP contribution >= 0.6 is 0 Å². The molecule has 8 nitrogen and oxygen atoms in total. The summed E-state index contributed by atoms with van der Waals surface area (Å²) in [7, 11) is -21.7. The predicted molar refractivity (Wildman–Crippen MR) is 719 cm³/mol. The second-order valence-electron chi connectivity index (χ2n) is 41.4. The van der Waals surface area contributed by atoms with Crippen LogP contribution < -0.4 is 0 Å². The minimum absolute atomic E-state index is 0.289. The summed E-state index contributed by atoms with van der Waals surface area (Å²) >= 11 is -4.71. The van der Waals surface area contributed by atoms with Gasteiger partial charge in [0.2, 0.25) is 0 Å². The Labute approximate surface area is 939 Å². The van der Waals surface area contributed by atoms with Crippen molar-refractivity contribution in [3.63, 3.8) is 0 Å². The van der Waals surface area contributed by atoms with Gasteiger partial charge in [-0.1, -0.05) is 170 Å². The molecule has 0 aromatic heterocycles. The fraction of sp³-hybridized carbons (Fsp3) is 0.438. The summed E-state index contributed by atoms with van der Waals surface area (Å²) in [5, 5.41) is 4.74. The van der Waals surface area contributed by atoms with Crippen molar-refractivity contribution in [1.82, 2.24) is 0 Å². The van der Waals surface area contributed by atoms with E-state index in [1.165, 1.54) is 111 Å². The van der Waals surface area contributed by atoms with Gasteiger partial charge in [-0.3, -0.25) is 0 Å². The molecule has 0 aromatic rings. The molecular weight excluding hydrogens is 2170 g/mol. The van der Waals surface area contributed by atoms with Crippen LogP contribution in [0.5, 0.6) is 0 Å². The molecule has 0 saturated heterocycles. The van der Waals surface area contributed by atoms with Gasteiger partial charge in [0.15, 0.2) is 0 Å². The molecule has 0 saturated carbocycles. The molecular formula is C128H220GeO8Si11Sn. The Morgan fingerprint density at radius 3 is 0.389 bits per heavy atom. The third-order valence-electron chi connectivity index (χ3n) is 29.6.